The number of ether oxygens (including phenoxy) is 1. The van der Waals surface area contributed by atoms with Gasteiger partial charge in [-0.2, -0.15) is 11.8 Å². The molecule has 0 saturated heterocycles. The van der Waals surface area contributed by atoms with Gasteiger partial charge >= 0.3 is 0 Å². The van der Waals surface area contributed by atoms with E-state index in [2.05, 4.69) is 15.3 Å². The van der Waals surface area contributed by atoms with Gasteiger partial charge in [-0.3, -0.25) is 4.79 Å². The predicted octanol–water partition coefficient (Wildman–Crippen LogP) is 4.21. The number of hydrogen-bond donors (Lipinski definition) is 2. The maximum Gasteiger partial charge on any atom is 0.258 e. The lowest BCUT2D eigenvalue weighted by Gasteiger charge is -2.16. The first-order chi connectivity index (χ1) is 12.7. The summed E-state index contributed by atoms with van der Waals surface area (Å²) in [5.41, 5.74) is 1.84. The van der Waals surface area contributed by atoms with Crippen molar-refractivity contribution in [3.63, 3.8) is 0 Å². The molecule has 26 heavy (non-hydrogen) atoms. The summed E-state index contributed by atoms with van der Waals surface area (Å²) in [5, 5.41) is 3.49. The van der Waals surface area contributed by atoms with Crippen molar-refractivity contribution in [1.82, 2.24) is 15.3 Å². The summed E-state index contributed by atoms with van der Waals surface area (Å²) in [6.07, 6.45) is 2.82. The van der Waals surface area contributed by atoms with Gasteiger partial charge < -0.3 is 15.0 Å². The number of rotatable bonds is 8. The van der Waals surface area contributed by atoms with Crippen molar-refractivity contribution in [2.45, 2.75) is 12.5 Å². The van der Waals surface area contributed by atoms with E-state index in [1.54, 1.807) is 23.9 Å². The number of aromatic amines is 1. The van der Waals surface area contributed by atoms with E-state index in [1.165, 1.54) is 0 Å². The predicted molar refractivity (Wildman–Crippen MR) is 107 cm³/mol. The highest BCUT2D eigenvalue weighted by molar-refractivity contribution is 7.98. The molecule has 0 fully saturated rings. The highest BCUT2D eigenvalue weighted by atomic mass is 35.5. The van der Waals surface area contributed by atoms with Crippen LogP contribution in [-0.2, 0) is 4.79 Å². The molecule has 5 nitrogen and oxygen atoms in total. The fraction of sp³-hybridized carbons (Fsp3) is 0.263. The van der Waals surface area contributed by atoms with Crippen LogP contribution in [0.25, 0.3) is 11.0 Å². The summed E-state index contributed by atoms with van der Waals surface area (Å²) in [7, 11) is 0. The second-order valence-electron chi connectivity index (χ2n) is 5.76. The smallest absolute Gasteiger partial charge is 0.258 e. The number of hydrogen-bond acceptors (Lipinski definition) is 4. The zero-order valence-electron chi connectivity index (χ0n) is 14.4. The topological polar surface area (TPSA) is 67.0 Å². The molecule has 0 spiro atoms. The maximum absolute atomic E-state index is 12.4. The van der Waals surface area contributed by atoms with Crippen LogP contribution in [0, 0.1) is 0 Å². The molecule has 0 unspecified atom stereocenters. The van der Waals surface area contributed by atoms with Gasteiger partial charge in [0.05, 0.1) is 22.1 Å². The number of carbonyl (C=O) groups is 1. The van der Waals surface area contributed by atoms with Crippen LogP contribution in [0.1, 0.15) is 18.3 Å². The number of imidazole rings is 1. The molecule has 0 radical (unpaired) electrons. The molecule has 0 saturated carbocycles. The van der Waals surface area contributed by atoms with E-state index in [-0.39, 0.29) is 18.6 Å². The number of carbonyl (C=O) groups excluding carboxylic acids is 1. The van der Waals surface area contributed by atoms with Gasteiger partial charge in [-0.25, -0.2) is 4.98 Å². The Morgan fingerprint density at radius 3 is 2.81 bits per heavy atom. The number of H-pyrrole nitrogens is 1. The number of halogens is 1. The molecule has 3 aromatic rings. The van der Waals surface area contributed by atoms with Crippen molar-refractivity contribution in [1.29, 1.82) is 0 Å². The summed E-state index contributed by atoms with van der Waals surface area (Å²) in [5.74, 6) is 1.95. The Bertz CT molecular complexity index is 851. The fourth-order valence-corrected chi connectivity index (χ4v) is 3.25. The molecule has 2 N–H and O–H groups in total. The van der Waals surface area contributed by atoms with Crippen LogP contribution in [0.2, 0.25) is 5.02 Å². The number of fused-ring (bicyclic) bond motifs is 1. The Morgan fingerprint density at radius 1 is 1.27 bits per heavy atom. The highest BCUT2D eigenvalue weighted by Crippen LogP contribution is 2.23. The van der Waals surface area contributed by atoms with Gasteiger partial charge in [0.25, 0.3) is 5.91 Å². The van der Waals surface area contributed by atoms with Crippen LogP contribution in [0.15, 0.2) is 48.5 Å². The van der Waals surface area contributed by atoms with E-state index in [4.69, 9.17) is 16.3 Å². The third-order valence-electron chi connectivity index (χ3n) is 3.88. The first kappa shape index (κ1) is 18.6. The molecule has 0 aliphatic rings. The minimum atomic E-state index is -0.212. The summed E-state index contributed by atoms with van der Waals surface area (Å²) < 4.78 is 5.52. The molecular weight excluding hydrogens is 370 g/mol. The first-order valence-corrected chi connectivity index (χ1v) is 10.0. The summed E-state index contributed by atoms with van der Waals surface area (Å²) >= 11 is 7.78. The highest BCUT2D eigenvalue weighted by Gasteiger charge is 2.18. The van der Waals surface area contributed by atoms with E-state index in [1.807, 2.05) is 42.7 Å². The van der Waals surface area contributed by atoms with Crippen molar-refractivity contribution in [2.24, 2.45) is 0 Å². The van der Waals surface area contributed by atoms with Crippen molar-refractivity contribution in [3.8, 4) is 5.75 Å². The zero-order valence-corrected chi connectivity index (χ0v) is 15.9. The van der Waals surface area contributed by atoms with Gasteiger partial charge in [-0.05, 0) is 42.7 Å². The van der Waals surface area contributed by atoms with Gasteiger partial charge in [0.2, 0.25) is 0 Å². The normalized spacial score (nSPS) is 12.1. The second kappa shape index (κ2) is 8.96. The SMILES string of the molecule is CSCC[C@H](NC(=O)COc1ccccc1Cl)c1nc2ccccc2[nH]1. The van der Waals surface area contributed by atoms with Gasteiger partial charge in [0, 0.05) is 0 Å². The third kappa shape index (κ3) is 4.71. The van der Waals surface area contributed by atoms with Crippen LogP contribution >= 0.6 is 23.4 Å². The van der Waals surface area contributed by atoms with E-state index >= 15 is 0 Å². The van der Waals surface area contributed by atoms with E-state index < -0.39 is 0 Å². The maximum atomic E-state index is 12.4. The Kier molecular flexibility index (Phi) is 6.41. The van der Waals surface area contributed by atoms with E-state index in [0.29, 0.717) is 10.8 Å². The Labute approximate surface area is 161 Å². The largest absolute Gasteiger partial charge is 0.482 e. The van der Waals surface area contributed by atoms with Crippen molar-refractivity contribution >= 4 is 40.3 Å². The van der Waals surface area contributed by atoms with Crippen LogP contribution in [0.3, 0.4) is 0 Å². The zero-order chi connectivity index (χ0) is 18.4. The van der Waals surface area contributed by atoms with Crippen molar-refractivity contribution < 1.29 is 9.53 Å². The number of para-hydroxylation sites is 3. The Balaban J connectivity index is 1.67. The lowest BCUT2D eigenvalue weighted by molar-refractivity contribution is -0.123. The van der Waals surface area contributed by atoms with Gasteiger partial charge in [0.15, 0.2) is 6.61 Å². The molecule has 0 bridgehead atoms. The standard InChI is InChI=1S/C19H20ClN3O2S/c1-26-11-10-16(19-22-14-7-3-4-8-15(14)23-19)21-18(24)12-25-17-9-5-2-6-13(17)20/h2-9,16H,10-12H2,1H3,(H,21,24)(H,22,23)/t16-/m0/s1. The molecule has 1 aromatic heterocycles. The number of aromatic nitrogens is 2. The average Bonchev–Trinajstić information content (AvgIpc) is 3.08. The minimum absolute atomic E-state index is 0.0975. The van der Waals surface area contributed by atoms with Crippen LogP contribution < -0.4 is 10.1 Å². The van der Waals surface area contributed by atoms with Crippen molar-refractivity contribution in [2.75, 3.05) is 18.6 Å². The quantitative estimate of drug-likeness (QED) is 0.605. The molecule has 136 valence electrons. The Morgan fingerprint density at radius 2 is 2.04 bits per heavy atom. The molecular formula is C19H20ClN3O2S. The van der Waals surface area contributed by atoms with E-state index in [9.17, 15) is 4.79 Å². The molecule has 0 aliphatic heterocycles. The number of thioether (sulfide) groups is 1. The molecule has 0 aliphatic carbocycles. The van der Waals surface area contributed by atoms with Crippen LogP contribution in [0.5, 0.6) is 5.75 Å². The third-order valence-corrected chi connectivity index (χ3v) is 4.84. The Hall–Kier alpha value is -2.18. The molecule has 1 atom stereocenters. The van der Waals surface area contributed by atoms with Crippen LogP contribution in [0.4, 0.5) is 0 Å². The molecule has 2 aromatic carbocycles. The lowest BCUT2D eigenvalue weighted by atomic mass is 10.2. The van der Waals surface area contributed by atoms with Crippen molar-refractivity contribution in [3.05, 3.63) is 59.4 Å². The molecule has 1 amide bonds. The number of benzene rings is 2. The van der Waals surface area contributed by atoms with Gasteiger partial charge in [-0.15, -0.1) is 0 Å². The summed E-state index contributed by atoms with van der Waals surface area (Å²) in [6, 6.07) is 14.7. The number of nitrogens with one attached hydrogen (secondary N) is 2. The molecule has 7 heteroatoms. The monoisotopic (exact) mass is 389 g/mol. The average molecular weight is 390 g/mol. The first-order valence-electron chi connectivity index (χ1n) is 8.27. The van der Waals surface area contributed by atoms with Gasteiger partial charge in [-0.1, -0.05) is 35.9 Å². The number of nitrogens with zero attached hydrogens (tertiary/aromatic N) is 1. The molecule has 1 heterocycles. The lowest BCUT2D eigenvalue weighted by Crippen LogP contribution is -2.33. The second-order valence-corrected chi connectivity index (χ2v) is 7.15. The minimum Gasteiger partial charge on any atom is -0.482 e. The fourth-order valence-electron chi connectivity index (χ4n) is 2.59. The van der Waals surface area contributed by atoms with Crippen LogP contribution in [-0.4, -0.2) is 34.5 Å². The van der Waals surface area contributed by atoms with Gasteiger partial charge in [0.1, 0.15) is 11.6 Å². The summed E-state index contributed by atoms with van der Waals surface area (Å²) in [6.45, 7) is -0.0975. The molecule has 3 rings (SSSR count). The number of amides is 1. The summed E-state index contributed by atoms with van der Waals surface area (Å²) in [4.78, 5) is 20.3. The van der Waals surface area contributed by atoms with E-state index in [0.717, 1.165) is 29.0 Å².